The maximum absolute atomic E-state index is 12.5. The predicted molar refractivity (Wildman–Crippen MR) is 101 cm³/mol. The van der Waals surface area contributed by atoms with Crippen LogP contribution in [0.5, 0.6) is 0 Å². The molecule has 0 radical (unpaired) electrons. The Morgan fingerprint density at radius 3 is 2.78 bits per heavy atom. The Balaban J connectivity index is 1.61. The molecule has 142 valence electrons. The van der Waals surface area contributed by atoms with Crippen molar-refractivity contribution in [1.82, 2.24) is 9.88 Å². The number of hydrogen-bond acceptors (Lipinski definition) is 6. The second-order valence-corrected chi connectivity index (χ2v) is 7.30. The molecule has 2 aromatic rings. The molecule has 1 saturated heterocycles. The zero-order valence-electron chi connectivity index (χ0n) is 15.2. The fraction of sp³-hybridized carbons (Fsp3) is 0.368. The number of carbonyl (C=O) groups excluding carboxylic acids is 3. The highest BCUT2D eigenvalue weighted by molar-refractivity contribution is 7.17. The average molecular weight is 387 g/mol. The Bertz CT molecular complexity index is 850. The maximum atomic E-state index is 12.5. The van der Waals surface area contributed by atoms with Crippen LogP contribution in [-0.4, -0.2) is 40.8 Å². The molecule has 0 aliphatic carbocycles. The van der Waals surface area contributed by atoms with Crippen molar-refractivity contribution in [3.8, 4) is 0 Å². The number of ether oxygens (including phenoxy) is 1. The van der Waals surface area contributed by atoms with Crippen molar-refractivity contribution < 1.29 is 19.1 Å². The molecule has 27 heavy (non-hydrogen) atoms. The van der Waals surface area contributed by atoms with Crippen molar-refractivity contribution in [3.63, 3.8) is 0 Å². The zero-order chi connectivity index (χ0) is 19.4. The fourth-order valence-electron chi connectivity index (χ4n) is 2.95. The normalized spacial score (nSPS) is 16.4. The van der Waals surface area contributed by atoms with Crippen LogP contribution in [0.3, 0.4) is 0 Å². The molecular weight excluding hydrogens is 366 g/mol. The number of anilines is 1. The Kier molecular flexibility index (Phi) is 5.85. The smallest absolute Gasteiger partial charge is 0.350 e. The van der Waals surface area contributed by atoms with Gasteiger partial charge in [0.25, 0.3) is 0 Å². The van der Waals surface area contributed by atoms with Crippen LogP contribution in [0.2, 0.25) is 0 Å². The lowest BCUT2D eigenvalue weighted by Gasteiger charge is -2.16. The van der Waals surface area contributed by atoms with Gasteiger partial charge in [-0.05, 0) is 19.4 Å². The Morgan fingerprint density at radius 2 is 2.07 bits per heavy atom. The van der Waals surface area contributed by atoms with Crippen LogP contribution in [0.1, 0.15) is 34.3 Å². The van der Waals surface area contributed by atoms with Crippen molar-refractivity contribution in [2.45, 2.75) is 26.8 Å². The topological polar surface area (TPSA) is 88.6 Å². The van der Waals surface area contributed by atoms with Crippen molar-refractivity contribution in [2.24, 2.45) is 5.92 Å². The maximum Gasteiger partial charge on any atom is 0.350 e. The SMILES string of the molecule is CCOC(=O)c1sc(NC(=O)C2CC(=O)N(Cc3ccccc3)C2)nc1C. The Labute approximate surface area is 161 Å². The lowest BCUT2D eigenvalue weighted by atomic mass is 10.1. The van der Waals surface area contributed by atoms with E-state index in [0.29, 0.717) is 28.8 Å². The lowest BCUT2D eigenvalue weighted by molar-refractivity contribution is -0.128. The predicted octanol–water partition coefficient (Wildman–Crippen LogP) is 2.62. The molecule has 1 fully saturated rings. The van der Waals surface area contributed by atoms with Gasteiger partial charge in [-0.1, -0.05) is 41.7 Å². The largest absolute Gasteiger partial charge is 0.462 e. The summed E-state index contributed by atoms with van der Waals surface area (Å²) >= 11 is 1.08. The fourth-order valence-corrected chi connectivity index (χ4v) is 3.81. The molecule has 1 atom stereocenters. The highest BCUT2D eigenvalue weighted by Crippen LogP contribution is 2.26. The highest BCUT2D eigenvalue weighted by Gasteiger charge is 2.34. The summed E-state index contributed by atoms with van der Waals surface area (Å²) in [5, 5.41) is 3.07. The molecule has 1 N–H and O–H groups in total. The van der Waals surface area contributed by atoms with Crippen LogP contribution in [0.25, 0.3) is 0 Å². The third-order valence-corrected chi connectivity index (χ3v) is 5.34. The van der Waals surface area contributed by atoms with Crippen molar-refractivity contribution >= 4 is 34.3 Å². The number of likely N-dealkylation sites (tertiary alicyclic amines) is 1. The van der Waals surface area contributed by atoms with E-state index < -0.39 is 11.9 Å². The van der Waals surface area contributed by atoms with E-state index in [-0.39, 0.29) is 24.8 Å². The molecule has 8 heteroatoms. The third-order valence-electron chi connectivity index (χ3n) is 4.29. The minimum Gasteiger partial charge on any atom is -0.462 e. The molecule has 2 amide bonds. The summed E-state index contributed by atoms with van der Waals surface area (Å²) in [6, 6.07) is 9.68. The first-order valence-corrected chi connectivity index (χ1v) is 9.56. The second-order valence-electron chi connectivity index (χ2n) is 6.30. The van der Waals surface area contributed by atoms with E-state index in [4.69, 9.17) is 4.74 Å². The average Bonchev–Trinajstić information content (AvgIpc) is 3.19. The number of nitrogens with one attached hydrogen (secondary N) is 1. The quantitative estimate of drug-likeness (QED) is 0.770. The van der Waals surface area contributed by atoms with Crippen LogP contribution < -0.4 is 5.32 Å². The molecule has 1 aliphatic heterocycles. The van der Waals surface area contributed by atoms with E-state index in [1.165, 1.54) is 0 Å². The summed E-state index contributed by atoms with van der Waals surface area (Å²) in [5.74, 6) is -1.18. The van der Waals surface area contributed by atoms with Crippen LogP contribution in [-0.2, 0) is 20.9 Å². The highest BCUT2D eigenvalue weighted by atomic mass is 32.1. The number of benzene rings is 1. The minimum atomic E-state index is -0.446. The van der Waals surface area contributed by atoms with Gasteiger partial charge in [0, 0.05) is 19.5 Å². The first kappa shape index (κ1) is 19.0. The molecule has 1 aromatic carbocycles. The molecule has 3 rings (SSSR count). The zero-order valence-corrected chi connectivity index (χ0v) is 16.0. The van der Waals surface area contributed by atoms with Gasteiger partial charge in [-0.15, -0.1) is 0 Å². The molecule has 1 unspecified atom stereocenters. The second kappa shape index (κ2) is 8.30. The number of hydrogen-bond donors (Lipinski definition) is 1. The molecule has 7 nitrogen and oxygen atoms in total. The van der Waals surface area contributed by atoms with E-state index in [9.17, 15) is 14.4 Å². The van der Waals surface area contributed by atoms with Crippen LogP contribution in [0.15, 0.2) is 30.3 Å². The van der Waals surface area contributed by atoms with Gasteiger partial charge in [0.15, 0.2) is 5.13 Å². The van der Waals surface area contributed by atoms with Gasteiger partial charge in [-0.3, -0.25) is 9.59 Å². The van der Waals surface area contributed by atoms with Crippen molar-refractivity contribution in [3.05, 3.63) is 46.5 Å². The summed E-state index contributed by atoms with van der Waals surface area (Å²) in [7, 11) is 0. The van der Waals surface area contributed by atoms with Crippen LogP contribution in [0.4, 0.5) is 5.13 Å². The molecule has 1 aliphatic rings. The van der Waals surface area contributed by atoms with E-state index in [1.54, 1.807) is 18.7 Å². The van der Waals surface area contributed by atoms with Gasteiger partial charge >= 0.3 is 5.97 Å². The van der Waals surface area contributed by atoms with Gasteiger partial charge in [-0.2, -0.15) is 0 Å². The molecule has 0 bridgehead atoms. The summed E-state index contributed by atoms with van der Waals surface area (Å²) < 4.78 is 4.98. The summed E-state index contributed by atoms with van der Waals surface area (Å²) in [6.45, 7) is 4.56. The number of aryl methyl sites for hydroxylation is 1. The van der Waals surface area contributed by atoms with Crippen LogP contribution >= 0.6 is 11.3 Å². The monoisotopic (exact) mass is 387 g/mol. The first-order valence-electron chi connectivity index (χ1n) is 8.75. The number of esters is 1. The Morgan fingerprint density at radius 1 is 1.33 bits per heavy atom. The number of amides is 2. The molecular formula is C19H21N3O4S. The van der Waals surface area contributed by atoms with E-state index in [1.807, 2.05) is 30.3 Å². The van der Waals surface area contributed by atoms with Crippen LogP contribution in [0, 0.1) is 12.8 Å². The van der Waals surface area contributed by atoms with Gasteiger partial charge in [0.05, 0.1) is 18.2 Å². The van der Waals surface area contributed by atoms with Gasteiger partial charge in [0.2, 0.25) is 11.8 Å². The molecule has 0 saturated carbocycles. The number of aromatic nitrogens is 1. The van der Waals surface area contributed by atoms with Gasteiger partial charge in [0.1, 0.15) is 4.88 Å². The van der Waals surface area contributed by atoms with E-state index in [0.717, 1.165) is 16.9 Å². The van der Waals surface area contributed by atoms with Crippen molar-refractivity contribution in [2.75, 3.05) is 18.5 Å². The third kappa shape index (κ3) is 4.51. The molecule has 1 aromatic heterocycles. The van der Waals surface area contributed by atoms with Gasteiger partial charge < -0.3 is 15.0 Å². The Hall–Kier alpha value is -2.74. The number of thiazole rings is 1. The molecule has 2 heterocycles. The number of carbonyl (C=O) groups is 3. The summed E-state index contributed by atoms with van der Waals surface area (Å²) in [5.41, 5.74) is 1.54. The summed E-state index contributed by atoms with van der Waals surface area (Å²) in [6.07, 6.45) is 0.174. The number of nitrogens with zero attached hydrogens (tertiary/aromatic N) is 2. The summed E-state index contributed by atoms with van der Waals surface area (Å²) in [4.78, 5) is 42.9. The first-order chi connectivity index (χ1) is 13.0. The van der Waals surface area contributed by atoms with Gasteiger partial charge in [-0.25, -0.2) is 9.78 Å². The number of rotatable bonds is 6. The lowest BCUT2D eigenvalue weighted by Crippen LogP contribution is -2.28. The molecule has 0 spiro atoms. The van der Waals surface area contributed by atoms with E-state index in [2.05, 4.69) is 10.3 Å². The van der Waals surface area contributed by atoms with Crippen molar-refractivity contribution in [1.29, 1.82) is 0 Å². The standard InChI is InChI=1S/C19H21N3O4S/c1-3-26-18(25)16-12(2)20-19(27-16)21-17(24)14-9-15(23)22(11-14)10-13-7-5-4-6-8-13/h4-8,14H,3,9-11H2,1-2H3,(H,20,21,24). The van der Waals surface area contributed by atoms with E-state index >= 15 is 0 Å². The minimum absolute atomic E-state index is 0.0402.